The second-order valence-electron chi connectivity index (χ2n) is 4.25. The summed E-state index contributed by atoms with van der Waals surface area (Å²) in [4.78, 5) is 33.0. The minimum atomic E-state index is -0.575. The van der Waals surface area contributed by atoms with E-state index in [1.54, 1.807) is 0 Å². The minimum absolute atomic E-state index is 0.0166. The number of carbonyl (C=O) groups excluding carboxylic acids is 3. The summed E-state index contributed by atoms with van der Waals surface area (Å²) >= 11 is 0. The maximum absolute atomic E-state index is 11.5. The van der Waals surface area contributed by atoms with Gasteiger partial charge in [-0.2, -0.15) is 0 Å². The molecule has 0 unspecified atom stereocenters. The fraction of sp³-hybridized carbons (Fsp3) is 0.750. The molecule has 0 spiro atoms. The van der Waals surface area contributed by atoms with Gasteiger partial charge in [0.05, 0.1) is 5.92 Å². The largest absolute Gasteiger partial charge is 0.462 e. The van der Waals surface area contributed by atoms with E-state index >= 15 is 0 Å². The zero-order chi connectivity index (χ0) is 12.7. The van der Waals surface area contributed by atoms with E-state index in [1.807, 2.05) is 0 Å². The average Bonchev–Trinajstić information content (AvgIpc) is 2.76. The Labute approximate surface area is 100 Å². The highest BCUT2D eigenvalue weighted by Gasteiger charge is 2.23. The van der Waals surface area contributed by atoms with Crippen molar-refractivity contribution in [2.45, 2.75) is 39.0 Å². The summed E-state index contributed by atoms with van der Waals surface area (Å²) in [6.45, 7) is 1.41. The first kappa shape index (κ1) is 13.7. The van der Waals surface area contributed by atoms with Crippen molar-refractivity contribution in [2.24, 2.45) is 5.92 Å². The van der Waals surface area contributed by atoms with Crippen LogP contribution in [0.15, 0.2) is 0 Å². The molecule has 0 heterocycles. The summed E-state index contributed by atoms with van der Waals surface area (Å²) in [5, 5.41) is 0. The highest BCUT2D eigenvalue weighted by Crippen LogP contribution is 2.25. The number of Topliss-reactive ketones (excluding diaryl/α,β-unsaturated/α-hetero) is 1. The van der Waals surface area contributed by atoms with Gasteiger partial charge in [-0.3, -0.25) is 14.4 Å². The SMILES string of the molecule is CC(=O)CC(=O)OCCOC(=O)C1CCCC1. The summed E-state index contributed by atoms with van der Waals surface area (Å²) < 4.78 is 9.71. The number of esters is 2. The molecule has 0 amide bonds. The van der Waals surface area contributed by atoms with E-state index in [0.717, 1.165) is 25.7 Å². The maximum atomic E-state index is 11.5. The molecular formula is C12H18O5. The first-order valence-corrected chi connectivity index (χ1v) is 5.91. The number of rotatable bonds is 6. The molecule has 1 aliphatic carbocycles. The Kier molecular flexibility index (Phi) is 5.66. The van der Waals surface area contributed by atoms with E-state index in [2.05, 4.69) is 0 Å². The summed E-state index contributed by atoms with van der Waals surface area (Å²) in [6, 6.07) is 0. The summed E-state index contributed by atoms with van der Waals surface area (Å²) in [5.41, 5.74) is 0. The lowest BCUT2D eigenvalue weighted by Gasteiger charge is -2.09. The van der Waals surface area contributed by atoms with Crippen molar-refractivity contribution in [3.63, 3.8) is 0 Å². The summed E-state index contributed by atoms with van der Waals surface area (Å²) in [7, 11) is 0. The minimum Gasteiger partial charge on any atom is -0.462 e. The van der Waals surface area contributed by atoms with Crippen LogP contribution in [0.4, 0.5) is 0 Å². The van der Waals surface area contributed by atoms with Gasteiger partial charge in [0.15, 0.2) is 0 Å². The van der Waals surface area contributed by atoms with Crippen molar-refractivity contribution >= 4 is 17.7 Å². The van der Waals surface area contributed by atoms with Gasteiger partial charge < -0.3 is 9.47 Å². The molecule has 1 saturated carbocycles. The van der Waals surface area contributed by atoms with Gasteiger partial charge >= 0.3 is 11.9 Å². The van der Waals surface area contributed by atoms with Gasteiger partial charge in [0.1, 0.15) is 25.4 Å². The van der Waals surface area contributed by atoms with Crippen molar-refractivity contribution in [3.8, 4) is 0 Å². The Bertz CT molecular complexity index is 291. The van der Waals surface area contributed by atoms with Crippen LogP contribution in [0.25, 0.3) is 0 Å². The van der Waals surface area contributed by atoms with Gasteiger partial charge in [-0.25, -0.2) is 0 Å². The number of ether oxygens (including phenoxy) is 2. The molecule has 1 rings (SSSR count). The molecule has 0 aromatic carbocycles. The summed E-state index contributed by atoms with van der Waals surface area (Å²) in [5.74, 6) is -1.000. The van der Waals surface area contributed by atoms with E-state index in [-0.39, 0.29) is 37.3 Å². The topological polar surface area (TPSA) is 69.7 Å². The monoisotopic (exact) mass is 242 g/mol. The first-order valence-electron chi connectivity index (χ1n) is 5.91. The van der Waals surface area contributed by atoms with Gasteiger partial charge in [-0.05, 0) is 19.8 Å². The van der Waals surface area contributed by atoms with E-state index in [1.165, 1.54) is 6.92 Å². The lowest BCUT2D eigenvalue weighted by molar-refractivity contribution is -0.155. The maximum Gasteiger partial charge on any atom is 0.313 e. The van der Waals surface area contributed by atoms with Crippen molar-refractivity contribution in [3.05, 3.63) is 0 Å². The van der Waals surface area contributed by atoms with Crippen molar-refractivity contribution < 1.29 is 23.9 Å². The van der Waals surface area contributed by atoms with Crippen LogP contribution in [0.3, 0.4) is 0 Å². The molecule has 0 saturated heterocycles. The molecule has 96 valence electrons. The number of carbonyl (C=O) groups is 3. The highest BCUT2D eigenvalue weighted by molar-refractivity contribution is 5.94. The van der Waals surface area contributed by atoms with E-state index in [4.69, 9.17) is 9.47 Å². The second kappa shape index (κ2) is 7.04. The van der Waals surface area contributed by atoms with Crippen LogP contribution >= 0.6 is 0 Å². The van der Waals surface area contributed by atoms with Crippen molar-refractivity contribution in [1.29, 1.82) is 0 Å². The number of hydrogen-bond acceptors (Lipinski definition) is 5. The lowest BCUT2D eigenvalue weighted by Crippen LogP contribution is -2.19. The van der Waals surface area contributed by atoms with Gasteiger partial charge in [-0.1, -0.05) is 12.8 Å². The molecule has 0 aromatic rings. The Hall–Kier alpha value is -1.39. The molecule has 0 N–H and O–H groups in total. The predicted molar refractivity (Wildman–Crippen MR) is 59.2 cm³/mol. The molecule has 1 fully saturated rings. The van der Waals surface area contributed by atoms with Crippen molar-refractivity contribution in [1.82, 2.24) is 0 Å². The van der Waals surface area contributed by atoms with Crippen molar-refractivity contribution in [2.75, 3.05) is 13.2 Å². The molecule has 0 atom stereocenters. The van der Waals surface area contributed by atoms with Crippen LogP contribution in [-0.4, -0.2) is 30.9 Å². The quantitative estimate of drug-likeness (QED) is 0.398. The Balaban J connectivity index is 2.05. The second-order valence-corrected chi connectivity index (χ2v) is 4.25. The van der Waals surface area contributed by atoms with Crippen LogP contribution in [-0.2, 0) is 23.9 Å². The number of ketones is 1. The van der Waals surface area contributed by atoms with E-state index in [9.17, 15) is 14.4 Å². The molecule has 17 heavy (non-hydrogen) atoms. The zero-order valence-corrected chi connectivity index (χ0v) is 10.1. The third kappa shape index (κ3) is 5.47. The first-order chi connectivity index (χ1) is 8.09. The smallest absolute Gasteiger partial charge is 0.313 e. The Morgan fingerprint density at radius 2 is 1.65 bits per heavy atom. The standard InChI is InChI=1S/C12H18O5/c1-9(13)8-11(14)16-6-7-17-12(15)10-4-2-3-5-10/h10H,2-8H2,1H3. The molecule has 0 radical (unpaired) electrons. The molecule has 5 nitrogen and oxygen atoms in total. The van der Waals surface area contributed by atoms with Crippen LogP contribution in [0, 0.1) is 5.92 Å². The fourth-order valence-corrected chi connectivity index (χ4v) is 1.83. The molecular weight excluding hydrogens is 224 g/mol. The predicted octanol–water partition coefficient (Wildman–Crippen LogP) is 1.24. The highest BCUT2D eigenvalue weighted by atomic mass is 16.6. The molecule has 0 aromatic heterocycles. The fourth-order valence-electron chi connectivity index (χ4n) is 1.83. The van der Waals surface area contributed by atoms with Gasteiger partial charge in [0.2, 0.25) is 0 Å². The molecule has 1 aliphatic rings. The number of hydrogen-bond donors (Lipinski definition) is 0. The third-order valence-corrected chi connectivity index (χ3v) is 2.67. The van der Waals surface area contributed by atoms with Crippen LogP contribution in [0.2, 0.25) is 0 Å². The van der Waals surface area contributed by atoms with Gasteiger partial charge in [-0.15, -0.1) is 0 Å². The normalized spacial score (nSPS) is 15.6. The van der Waals surface area contributed by atoms with Crippen LogP contribution in [0.1, 0.15) is 39.0 Å². The lowest BCUT2D eigenvalue weighted by atomic mass is 10.1. The molecule has 5 heteroatoms. The molecule has 0 bridgehead atoms. The van der Waals surface area contributed by atoms with Crippen LogP contribution < -0.4 is 0 Å². The average molecular weight is 242 g/mol. The van der Waals surface area contributed by atoms with E-state index in [0.29, 0.717) is 0 Å². The van der Waals surface area contributed by atoms with Crippen LogP contribution in [0.5, 0.6) is 0 Å². The third-order valence-electron chi connectivity index (χ3n) is 2.67. The van der Waals surface area contributed by atoms with Gasteiger partial charge in [0, 0.05) is 0 Å². The Morgan fingerprint density at radius 3 is 2.24 bits per heavy atom. The van der Waals surface area contributed by atoms with Gasteiger partial charge in [0.25, 0.3) is 0 Å². The van der Waals surface area contributed by atoms with E-state index < -0.39 is 5.97 Å². The Morgan fingerprint density at radius 1 is 1.06 bits per heavy atom. The summed E-state index contributed by atoms with van der Waals surface area (Å²) in [6.07, 6.45) is 3.71. The molecule has 0 aliphatic heterocycles. The zero-order valence-electron chi connectivity index (χ0n) is 10.1.